The standard InChI is InChI=1S/C11H16ClN3O3/c1-2-3-6-9(16)8(12)10(18-6)15-5-4-7(13)14-11(15)17/h4-6,8-10,16H,2-3H2,1H3,(H2,13,14,17)/t6-,8+,9+,10-/m0/s1. The first kappa shape index (κ1) is 13.3. The number of hydrogen-bond acceptors (Lipinski definition) is 5. The Labute approximate surface area is 109 Å². The van der Waals surface area contributed by atoms with Gasteiger partial charge in [-0.3, -0.25) is 4.57 Å². The van der Waals surface area contributed by atoms with Gasteiger partial charge in [0.1, 0.15) is 17.3 Å². The Bertz CT molecular complexity index is 479. The van der Waals surface area contributed by atoms with E-state index in [1.807, 2.05) is 6.92 Å². The smallest absolute Gasteiger partial charge is 0.351 e. The molecule has 0 bridgehead atoms. The van der Waals surface area contributed by atoms with Crippen LogP contribution in [0, 0.1) is 0 Å². The summed E-state index contributed by atoms with van der Waals surface area (Å²) in [6.07, 6.45) is 1.18. The Kier molecular flexibility index (Phi) is 3.89. The molecule has 1 saturated heterocycles. The largest absolute Gasteiger partial charge is 0.389 e. The van der Waals surface area contributed by atoms with Crippen LogP contribution in [0.15, 0.2) is 17.1 Å². The van der Waals surface area contributed by atoms with Crippen LogP contribution in [0.4, 0.5) is 5.82 Å². The average Bonchev–Trinajstić information content (AvgIpc) is 2.58. The van der Waals surface area contributed by atoms with Gasteiger partial charge in [-0.05, 0) is 12.5 Å². The van der Waals surface area contributed by atoms with Gasteiger partial charge < -0.3 is 15.6 Å². The fraction of sp³-hybridized carbons (Fsp3) is 0.636. The molecule has 1 aliphatic heterocycles. The Morgan fingerprint density at radius 3 is 3.00 bits per heavy atom. The van der Waals surface area contributed by atoms with Crippen molar-refractivity contribution >= 4 is 17.4 Å². The highest BCUT2D eigenvalue weighted by molar-refractivity contribution is 6.21. The third-order valence-electron chi connectivity index (χ3n) is 2.99. The summed E-state index contributed by atoms with van der Waals surface area (Å²) < 4.78 is 6.89. The van der Waals surface area contributed by atoms with Gasteiger partial charge in [-0.25, -0.2) is 4.79 Å². The zero-order chi connectivity index (χ0) is 13.3. The monoisotopic (exact) mass is 273 g/mol. The molecule has 1 aromatic rings. The van der Waals surface area contributed by atoms with Gasteiger partial charge in [-0.1, -0.05) is 13.3 Å². The maximum Gasteiger partial charge on any atom is 0.351 e. The number of nitrogen functional groups attached to an aromatic ring is 1. The number of nitrogens with two attached hydrogens (primary N) is 1. The van der Waals surface area contributed by atoms with Crippen molar-refractivity contribution in [2.24, 2.45) is 0 Å². The quantitative estimate of drug-likeness (QED) is 0.782. The highest BCUT2D eigenvalue weighted by atomic mass is 35.5. The van der Waals surface area contributed by atoms with Crippen molar-refractivity contribution in [3.05, 3.63) is 22.7 Å². The van der Waals surface area contributed by atoms with Gasteiger partial charge in [0.15, 0.2) is 6.23 Å². The molecule has 2 heterocycles. The summed E-state index contributed by atoms with van der Waals surface area (Å²) in [5, 5.41) is 9.27. The Morgan fingerprint density at radius 2 is 2.39 bits per heavy atom. The summed E-state index contributed by atoms with van der Waals surface area (Å²) in [4.78, 5) is 15.3. The fourth-order valence-electron chi connectivity index (χ4n) is 2.07. The lowest BCUT2D eigenvalue weighted by Crippen LogP contribution is -2.32. The second-order valence-electron chi connectivity index (χ2n) is 4.33. The van der Waals surface area contributed by atoms with Crippen LogP contribution in [0.1, 0.15) is 26.0 Å². The van der Waals surface area contributed by atoms with E-state index in [1.54, 1.807) is 0 Å². The summed E-state index contributed by atoms with van der Waals surface area (Å²) in [5.74, 6) is 0.144. The number of aromatic nitrogens is 2. The van der Waals surface area contributed by atoms with Crippen LogP contribution >= 0.6 is 11.6 Å². The summed E-state index contributed by atoms with van der Waals surface area (Å²) in [7, 11) is 0. The second kappa shape index (κ2) is 5.26. The minimum absolute atomic E-state index is 0.144. The first-order valence-electron chi connectivity index (χ1n) is 5.87. The zero-order valence-corrected chi connectivity index (χ0v) is 10.7. The van der Waals surface area contributed by atoms with Crippen molar-refractivity contribution in [2.75, 3.05) is 5.73 Å². The van der Waals surface area contributed by atoms with Gasteiger partial charge in [0.25, 0.3) is 0 Å². The molecule has 1 aromatic heterocycles. The Morgan fingerprint density at radius 1 is 1.67 bits per heavy atom. The Hall–Kier alpha value is -1.11. The first-order valence-corrected chi connectivity index (χ1v) is 6.30. The number of hydrogen-bond donors (Lipinski definition) is 2. The molecule has 100 valence electrons. The Balaban J connectivity index is 2.26. The van der Waals surface area contributed by atoms with E-state index in [0.29, 0.717) is 6.42 Å². The molecule has 0 aliphatic carbocycles. The van der Waals surface area contributed by atoms with Crippen LogP contribution in [0.3, 0.4) is 0 Å². The molecule has 0 amide bonds. The summed E-state index contributed by atoms with van der Waals surface area (Å²) in [6.45, 7) is 1.99. The molecule has 7 heteroatoms. The van der Waals surface area contributed by atoms with Crippen LogP contribution in [0.2, 0.25) is 0 Å². The van der Waals surface area contributed by atoms with E-state index < -0.39 is 23.4 Å². The molecule has 0 saturated carbocycles. The highest BCUT2D eigenvalue weighted by Crippen LogP contribution is 2.34. The lowest BCUT2D eigenvalue weighted by Gasteiger charge is -2.16. The summed E-state index contributed by atoms with van der Waals surface area (Å²) in [5.41, 5.74) is 4.88. The van der Waals surface area contributed by atoms with Crippen molar-refractivity contribution in [3.63, 3.8) is 0 Å². The maximum atomic E-state index is 11.7. The molecule has 0 spiro atoms. The van der Waals surface area contributed by atoms with Gasteiger partial charge in [-0.2, -0.15) is 4.98 Å². The number of aliphatic hydroxyl groups excluding tert-OH is 1. The number of ether oxygens (including phenoxy) is 1. The van der Waals surface area contributed by atoms with Crippen molar-refractivity contribution in [2.45, 2.75) is 43.6 Å². The minimum Gasteiger partial charge on any atom is -0.389 e. The van der Waals surface area contributed by atoms with E-state index in [0.717, 1.165) is 6.42 Å². The lowest BCUT2D eigenvalue weighted by atomic mass is 10.1. The zero-order valence-electron chi connectivity index (χ0n) is 9.99. The number of anilines is 1. The minimum atomic E-state index is -0.791. The van der Waals surface area contributed by atoms with Gasteiger partial charge in [0.2, 0.25) is 0 Å². The summed E-state index contributed by atoms with van der Waals surface area (Å²) >= 11 is 6.11. The number of rotatable bonds is 3. The molecule has 2 rings (SSSR count). The average molecular weight is 274 g/mol. The molecular weight excluding hydrogens is 258 g/mol. The lowest BCUT2D eigenvalue weighted by molar-refractivity contribution is -0.0241. The van der Waals surface area contributed by atoms with Gasteiger partial charge in [0, 0.05) is 6.20 Å². The predicted molar refractivity (Wildman–Crippen MR) is 67.4 cm³/mol. The molecule has 0 radical (unpaired) electrons. The van der Waals surface area contributed by atoms with E-state index in [-0.39, 0.29) is 11.9 Å². The van der Waals surface area contributed by atoms with E-state index >= 15 is 0 Å². The van der Waals surface area contributed by atoms with Crippen LogP contribution in [0.5, 0.6) is 0 Å². The molecule has 1 aliphatic rings. The topological polar surface area (TPSA) is 90.4 Å². The molecular formula is C11H16ClN3O3. The number of alkyl halides is 1. The normalized spacial score (nSPS) is 31.7. The van der Waals surface area contributed by atoms with E-state index in [2.05, 4.69) is 4.98 Å². The third kappa shape index (κ3) is 2.36. The van der Waals surface area contributed by atoms with Crippen LogP contribution in [-0.4, -0.2) is 32.2 Å². The molecule has 0 unspecified atom stereocenters. The van der Waals surface area contributed by atoms with Crippen molar-refractivity contribution in [1.29, 1.82) is 0 Å². The predicted octanol–water partition coefficient (Wildman–Crippen LogP) is 0.491. The van der Waals surface area contributed by atoms with Gasteiger partial charge in [-0.15, -0.1) is 11.6 Å². The first-order chi connectivity index (χ1) is 8.54. The van der Waals surface area contributed by atoms with Gasteiger partial charge in [0.05, 0.1) is 6.10 Å². The summed E-state index contributed by atoms with van der Waals surface area (Å²) in [6, 6.07) is 1.49. The van der Waals surface area contributed by atoms with Crippen LogP contribution < -0.4 is 11.4 Å². The molecule has 3 N–H and O–H groups in total. The van der Waals surface area contributed by atoms with Crippen LogP contribution in [-0.2, 0) is 4.74 Å². The number of nitrogens with zero attached hydrogens (tertiary/aromatic N) is 2. The molecule has 18 heavy (non-hydrogen) atoms. The molecule has 6 nitrogen and oxygen atoms in total. The van der Waals surface area contributed by atoms with Crippen molar-refractivity contribution in [3.8, 4) is 0 Å². The maximum absolute atomic E-state index is 11.7. The fourth-order valence-corrected chi connectivity index (χ4v) is 2.41. The third-order valence-corrected chi connectivity index (χ3v) is 3.47. The van der Waals surface area contributed by atoms with E-state index in [4.69, 9.17) is 22.1 Å². The molecule has 1 fully saturated rings. The van der Waals surface area contributed by atoms with Crippen molar-refractivity contribution in [1.82, 2.24) is 9.55 Å². The van der Waals surface area contributed by atoms with Gasteiger partial charge >= 0.3 is 5.69 Å². The second-order valence-corrected chi connectivity index (χ2v) is 4.83. The number of halogens is 1. The highest BCUT2D eigenvalue weighted by Gasteiger charge is 2.43. The number of aliphatic hydroxyl groups is 1. The van der Waals surface area contributed by atoms with E-state index in [9.17, 15) is 9.90 Å². The SMILES string of the molecule is CCC[C@@H]1O[C@H](n2ccc(N)nc2=O)[C@H](Cl)[C@@H]1O. The molecule has 0 aromatic carbocycles. The van der Waals surface area contributed by atoms with Crippen LogP contribution in [0.25, 0.3) is 0 Å². The van der Waals surface area contributed by atoms with E-state index in [1.165, 1.54) is 16.8 Å². The molecule has 4 atom stereocenters. The van der Waals surface area contributed by atoms with Crippen molar-refractivity contribution < 1.29 is 9.84 Å².